The van der Waals surface area contributed by atoms with E-state index in [-0.39, 0.29) is 17.1 Å². The summed E-state index contributed by atoms with van der Waals surface area (Å²) in [5.74, 6) is 0. The van der Waals surface area contributed by atoms with Crippen LogP contribution in [0.2, 0.25) is 0 Å². The Balaban J connectivity index is 1.93. The van der Waals surface area contributed by atoms with Crippen LogP contribution in [-0.4, -0.2) is 63.2 Å². The van der Waals surface area contributed by atoms with E-state index in [9.17, 15) is 13.2 Å². The lowest BCUT2D eigenvalue weighted by atomic mass is 10.2. The average molecular weight is 469 g/mol. The van der Waals surface area contributed by atoms with Crippen molar-refractivity contribution in [1.29, 1.82) is 0 Å². The maximum Gasteiger partial charge on any atom is 0.408 e. The highest BCUT2D eigenvalue weighted by Crippen LogP contribution is 2.24. The average Bonchev–Trinajstić information content (AvgIpc) is 3.12. The van der Waals surface area contributed by atoms with Gasteiger partial charge in [-0.1, -0.05) is 5.10 Å². The highest BCUT2D eigenvalue weighted by Gasteiger charge is 2.31. The Hall–Kier alpha value is -2.17. The van der Waals surface area contributed by atoms with Gasteiger partial charge in [0.25, 0.3) is 6.23 Å². The Labute approximate surface area is 191 Å². The first-order chi connectivity index (χ1) is 15.0. The van der Waals surface area contributed by atoms with E-state index in [1.165, 1.54) is 17.1 Å². The number of hydrazone groups is 1. The van der Waals surface area contributed by atoms with E-state index in [0.29, 0.717) is 30.6 Å². The zero-order chi connectivity index (χ0) is 23.9. The number of ether oxygens (including phenoxy) is 2. The normalized spacial score (nSPS) is 16.8. The number of benzene rings is 1. The fourth-order valence-electron chi connectivity index (χ4n) is 3.46. The molecule has 0 amide bonds. The summed E-state index contributed by atoms with van der Waals surface area (Å²) in [7, 11) is -3.62. The quantitative estimate of drug-likeness (QED) is 0.372. The lowest BCUT2D eigenvalue weighted by molar-refractivity contribution is -0.114. The fraction of sp³-hybridized carbons (Fsp3) is 0.636. The summed E-state index contributed by atoms with van der Waals surface area (Å²) < 4.78 is 38.6. The number of carbonyl (C=O) groups is 1. The van der Waals surface area contributed by atoms with E-state index in [0.717, 1.165) is 19.4 Å². The van der Waals surface area contributed by atoms with E-state index in [2.05, 4.69) is 42.4 Å². The monoisotopic (exact) mass is 468 g/mol. The first kappa shape index (κ1) is 26.1. The third-order valence-electron chi connectivity index (χ3n) is 4.98. The third-order valence-corrected chi connectivity index (χ3v) is 6.46. The molecular weight excluding hydrogens is 432 g/mol. The molecule has 1 aromatic rings. The number of nitrogens with zero attached hydrogens (tertiary/aromatic N) is 3. The SMILES string of the molecule is CC(C)OC1=NN(c2ccc(S(=O)(=O)NCCCCN(C(C)C)C(C)C)cc2)C(C=O)O1. The van der Waals surface area contributed by atoms with E-state index >= 15 is 0 Å². The summed E-state index contributed by atoms with van der Waals surface area (Å²) >= 11 is 0. The van der Waals surface area contributed by atoms with Crippen LogP contribution in [-0.2, 0) is 24.3 Å². The molecule has 1 aliphatic rings. The molecule has 1 aromatic carbocycles. The minimum atomic E-state index is -3.62. The van der Waals surface area contributed by atoms with Gasteiger partial charge in [0.1, 0.15) is 0 Å². The van der Waals surface area contributed by atoms with Crippen molar-refractivity contribution in [3.05, 3.63) is 24.3 Å². The summed E-state index contributed by atoms with van der Waals surface area (Å²) in [6.45, 7) is 13.6. The number of hydrogen-bond acceptors (Lipinski definition) is 8. The predicted molar refractivity (Wildman–Crippen MR) is 125 cm³/mol. The molecule has 1 N–H and O–H groups in total. The maximum atomic E-state index is 12.6. The smallest absolute Gasteiger partial charge is 0.408 e. The zero-order valence-corrected chi connectivity index (χ0v) is 20.6. The van der Waals surface area contributed by atoms with E-state index in [1.807, 2.05) is 13.8 Å². The number of carbonyl (C=O) groups excluding carboxylic acids is 1. The fourth-order valence-corrected chi connectivity index (χ4v) is 4.54. The van der Waals surface area contributed by atoms with Crippen LogP contribution in [0.15, 0.2) is 34.3 Å². The summed E-state index contributed by atoms with van der Waals surface area (Å²) in [6.07, 6.45) is 1.17. The largest absolute Gasteiger partial charge is 0.447 e. The molecule has 1 atom stereocenters. The Morgan fingerprint density at radius 1 is 1.12 bits per heavy atom. The third kappa shape index (κ3) is 7.18. The lowest BCUT2D eigenvalue weighted by Crippen LogP contribution is -2.38. The van der Waals surface area contributed by atoms with Crippen LogP contribution in [0, 0.1) is 0 Å². The number of rotatable bonds is 12. The van der Waals surface area contributed by atoms with Crippen LogP contribution < -0.4 is 9.73 Å². The minimum Gasteiger partial charge on any atom is -0.447 e. The minimum absolute atomic E-state index is 0.00367. The van der Waals surface area contributed by atoms with Gasteiger partial charge in [0.05, 0.1) is 16.7 Å². The van der Waals surface area contributed by atoms with Gasteiger partial charge < -0.3 is 9.47 Å². The summed E-state index contributed by atoms with van der Waals surface area (Å²) in [4.78, 5) is 13.9. The molecule has 9 nitrogen and oxygen atoms in total. The highest BCUT2D eigenvalue weighted by atomic mass is 32.2. The molecule has 0 fully saturated rings. The van der Waals surface area contributed by atoms with Gasteiger partial charge in [0.15, 0.2) is 6.29 Å². The topological polar surface area (TPSA) is 101 Å². The molecule has 32 heavy (non-hydrogen) atoms. The number of unbranched alkanes of at least 4 members (excludes halogenated alkanes) is 1. The Bertz CT molecular complexity index is 861. The molecule has 0 aliphatic carbocycles. The van der Waals surface area contributed by atoms with Crippen LogP contribution in [0.1, 0.15) is 54.4 Å². The number of aldehydes is 1. The molecule has 0 aromatic heterocycles. The maximum absolute atomic E-state index is 12.6. The second kappa shape index (κ2) is 11.6. The molecule has 0 bridgehead atoms. The predicted octanol–water partition coefficient (Wildman–Crippen LogP) is 2.92. The highest BCUT2D eigenvalue weighted by molar-refractivity contribution is 7.89. The molecule has 1 aliphatic heterocycles. The summed E-state index contributed by atoms with van der Waals surface area (Å²) in [6, 6.07) is 7.05. The van der Waals surface area contributed by atoms with Gasteiger partial charge in [0, 0.05) is 18.6 Å². The summed E-state index contributed by atoms with van der Waals surface area (Å²) in [5.41, 5.74) is 0.519. The van der Waals surface area contributed by atoms with Gasteiger partial charge in [-0.2, -0.15) is 0 Å². The molecular formula is C22H36N4O5S. The molecule has 180 valence electrons. The standard InChI is InChI=1S/C22H36N4O5S/c1-16(2)25(17(3)4)14-8-7-13-23-32(28,29)20-11-9-19(10-12-20)26-21(15-27)31-22(24-26)30-18(5)6/h9-12,15-18,21,23H,7-8,13-14H2,1-6H3. The Morgan fingerprint density at radius 3 is 2.28 bits per heavy atom. The van der Waals surface area contributed by atoms with Crippen molar-refractivity contribution in [3.63, 3.8) is 0 Å². The number of anilines is 1. The van der Waals surface area contributed by atoms with Crippen molar-refractivity contribution in [2.45, 2.75) is 83.7 Å². The van der Waals surface area contributed by atoms with Crippen molar-refractivity contribution in [3.8, 4) is 0 Å². The van der Waals surface area contributed by atoms with Crippen molar-refractivity contribution in [2.24, 2.45) is 5.10 Å². The van der Waals surface area contributed by atoms with Gasteiger partial charge in [-0.05, 0) is 85.2 Å². The first-order valence-electron chi connectivity index (χ1n) is 11.1. The first-order valence-corrected chi connectivity index (χ1v) is 12.6. The van der Waals surface area contributed by atoms with Gasteiger partial charge in [0.2, 0.25) is 10.0 Å². The van der Waals surface area contributed by atoms with E-state index in [1.54, 1.807) is 12.1 Å². The van der Waals surface area contributed by atoms with Gasteiger partial charge in [-0.3, -0.25) is 9.69 Å². The van der Waals surface area contributed by atoms with E-state index < -0.39 is 16.3 Å². The van der Waals surface area contributed by atoms with Crippen molar-refractivity contribution >= 4 is 28.1 Å². The van der Waals surface area contributed by atoms with Crippen LogP contribution >= 0.6 is 0 Å². The zero-order valence-electron chi connectivity index (χ0n) is 19.8. The molecule has 1 unspecified atom stereocenters. The summed E-state index contributed by atoms with van der Waals surface area (Å²) in [5, 5.41) is 5.51. The second-order valence-corrected chi connectivity index (χ2v) is 10.3. The van der Waals surface area contributed by atoms with Crippen LogP contribution in [0.3, 0.4) is 0 Å². The van der Waals surface area contributed by atoms with Crippen LogP contribution in [0.5, 0.6) is 0 Å². The van der Waals surface area contributed by atoms with Crippen molar-refractivity contribution in [2.75, 3.05) is 18.1 Å². The molecule has 0 radical (unpaired) electrons. The van der Waals surface area contributed by atoms with Gasteiger partial charge >= 0.3 is 6.08 Å². The van der Waals surface area contributed by atoms with Gasteiger partial charge in [-0.15, -0.1) is 0 Å². The number of nitrogens with one attached hydrogen (secondary N) is 1. The molecule has 1 heterocycles. The van der Waals surface area contributed by atoms with Crippen LogP contribution in [0.4, 0.5) is 5.69 Å². The van der Waals surface area contributed by atoms with Crippen molar-refractivity contribution < 1.29 is 22.7 Å². The molecule has 10 heteroatoms. The Kier molecular flexibility index (Phi) is 9.47. The molecule has 0 saturated carbocycles. The van der Waals surface area contributed by atoms with Crippen LogP contribution in [0.25, 0.3) is 0 Å². The molecule has 2 rings (SSSR count). The Morgan fingerprint density at radius 2 is 1.75 bits per heavy atom. The van der Waals surface area contributed by atoms with E-state index in [4.69, 9.17) is 9.47 Å². The van der Waals surface area contributed by atoms with Gasteiger partial charge in [-0.25, -0.2) is 18.1 Å². The number of sulfonamides is 1. The second-order valence-electron chi connectivity index (χ2n) is 8.55. The van der Waals surface area contributed by atoms with Crippen molar-refractivity contribution in [1.82, 2.24) is 9.62 Å². The molecule has 0 saturated heterocycles. The lowest BCUT2D eigenvalue weighted by Gasteiger charge is -2.30. The molecule has 0 spiro atoms. The number of hydrogen-bond donors (Lipinski definition) is 1.